The molecule has 0 aliphatic heterocycles. The van der Waals surface area contributed by atoms with Gasteiger partial charge in [0.15, 0.2) is 0 Å². The lowest BCUT2D eigenvalue weighted by atomic mass is 10.1. The van der Waals surface area contributed by atoms with Gasteiger partial charge in [-0.15, -0.1) is 0 Å². The van der Waals surface area contributed by atoms with Gasteiger partial charge in [0.25, 0.3) is 0 Å². The van der Waals surface area contributed by atoms with E-state index in [1.54, 1.807) is 6.92 Å². The van der Waals surface area contributed by atoms with E-state index in [1.165, 1.54) is 18.2 Å². The third kappa shape index (κ3) is 5.88. The number of benzene rings is 1. The standard InChI is InChI=1S/C14H16F3NO2/c1-10(19)7-8-18-13(20)6-5-11-3-2-4-12(9-11)14(15,16)17/h2-6,9-10,19H,7-8H2,1H3,(H,18,20)/b6-5+. The Labute approximate surface area is 115 Å². The Kier molecular flexibility index (Phi) is 5.76. The molecule has 20 heavy (non-hydrogen) atoms. The molecule has 0 fully saturated rings. The zero-order chi connectivity index (χ0) is 15.2. The molecule has 1 amide bonds. The van der Waals surface area contributed by atoms with Gasteiger partial charge in [-0.3, -0.25) is 4.79 Å². The number of hydrogen-bond donors (Lipinski definition) is 2. The van der Waals surface area contributed by atoms with Crippen LogP contribution >= 0.6 is 0 Å². The first-order valence-corrected chi connectivity index (χ1v) is 6.10. The maximum atomic E-state index is 12.5. The molecule has 0 radical (unpaired) electrons. The highest BCUT2D eigenvalue weighted by Gasteiger charge is 2.30. The first-order chi connectivity index (χ1) is 9.29. The van der Waals surface area contributed by atoms with Crippen LogP contribution in [0, 0.1) is 0 Å². The lowest BCUT2D eigenvalue weighted by Gasteiger charge is -2.06. The normalized spacial score (nSPS) is 13.4. The van der Waals surface area contributed by atoms with Crippen molar-refractivity contribution in [1.82, 2.24) is 5.32 Å². The summed E-state index contributed by atoms with van der Waals surface area (Å²) >= 11 is 0. The zero-order valence-corrected chi connectivity index (χ0v) is 10.9. The molecule has 0 bridgehead atoms. The summed E-state index contributed by atoms with van der Waals surface area (Å²) in [7, 11) is 0. The van der Waals surface area contributed by atoms with Gasteiger partial charge in [0.1, 0.15) is 0 Å². The minimum absolute atomic E-state index is 0.297. The van der Waals surface area contributed by atoms with Gasteiger partial charge in [0, 0.05) is 12.6 Å². The summed E-state index contributed by atoms with van der Waals surface area (Å²) in [6, 6.07) is 4.71. The molecule has 1 rings (SSSR count). The molecular formula is C14H16F3NO2. The van der Waals surface area contributed by atoms with Crippen LogP contribution in [-0.4, -0.2) is 23.7 Å². The molecule has 110 valence electrons. The Hall–Kier alpha value is -1.82. The van der Waals surface area contributed by atoms with E-state index >= 15 is 0 Å². The van der Waals surface area contributed by atoms with Crippen LogP contribution < -0.4 is 5.32 Å². The van der Waals surface area contributed by atoms with E-state index in [4.69, 9.17) is 5.11 Å². The summed E-state index contributed by atoms with van der Waals surface area (Å²) in [5, 5.41) is 11.5. The Balaban J connectivity index is 2.60. The second kappa shape index (κ2) is 7.09. The predicted molar refractivity (Wildman–Crippen MR) is 69.8 cm³/mol. The van der Waals surface area contributed by atoms with Crippen molar-refractivity contribution < 1.29 is 23.1 Å². The molecule has 0 spiro atoms. The van der Waals surface area contributed by atoms with E-state index in [0.717, 1.165) is 18.2 Å². The minimum Gasteiger partial charge on any atom is -0.393 e. The molecule has 0 aliphatic rings. The topological polar surface area (TPSA) is 49.3 Å². The predicted octanol–water partition coefficient (Wildman–Crippen LogP) is 2.61. The number of carbonyl (C=O) groups is 1. The molecule has 6 heteroatoms. The van der Waals surface area contributed by atoms with Crippen LogP contribution in [-0.2, 0) is 11.0 Å². The van der Waals surface area contributed by atoms with Gasteiger partial charge < -0.3 is 10.4 Å². The summed E-state index contributed by atoms with van der Waals surface area (Å²) in [4.78, 5) is 11.4. The number of hydrogen-bond acceptors (Lipinski definition) is 2. The van der Waals surface area contributed by atoms with Crippen molar-refractivity contribution in [3.05, 3.63) is 41.5 Å². The van der Waals surface area contributed by atoms with Crippen LogP contribution in [0.5, 0.6) is 0 Å². The molecule has 1 unspecified atom stereocenters. The first kappa shape index (κ1) is 16.2. The van der Waals surface area contributed by atoms with Gasteiger partial charge in [-0.2, -0.15) is 13.2 Å². The molecule has 0 saturated heterocycles. The molecule has 0 saturated carbocycles. The van der Waals surface area contributed by atoms with Gasteiger partial charge in [-0.05, 0) is 37.1 Å². The molecule has 1 atom stereocenters. The number of rotatable bonds is 5. The van der Waals surface area contributed by atoms with Crippen molar-refractivity contribution in [2.75, 3.05) is 6.54 Å². The number of alkyl halides is 3. The monoisotopic (exact) mass is 287 g/mol. The fraction of sp³-hybridized carbons (Fsp3) is 0.357. The summed E-state index contributed by atoms with van der Waals surface area (Å²) in [5.41, 5.74) is -0.459. The Bertz CT molecular complexity index is 482. The van der Waals surface area contributed by atoms with E-state index < -0.39 is 23.8 Å². The summed E-state index contributed by atoms with van der Waals surface area (Å²) < 4.78 is 37.4. The second-order valence-electron chi connectivity index (χ2n) is 4.39. The molecular weight excluding hydrogens is 271 g/mol. The molecule has 0 aromatic heterocycles. The van der Waals surface area contributed by atoms with Gasteiger partial charge in [0.2, 0.25) is 5.91 Å². The van der Waals surface area contributed by atoms with E-state index in [2.05, 4.69) is 5.32 Å². The van der Waals surface area contributed by atoms with E-state index in [0.29, 0.717) is 18.5 Å². The number of amides is 1. The molecule has 1 aromatic carbocycles. The number of aliphatic hydroxyl groups excluding tert-OH is 1. The minimum atomic E-state index is -4.40. The highest BCUT2D eigenvalue weighted by atomic mass is 19.4. The van der Waals surface area contributed by atoms with Crippen molar-refractivity contribution in [3.8, 4) is 0 Å². The molecule has 3 nitrogen and oxygen atoms in total. The number of halogens is 3. The molecule has 2 N–H and O–H groups in total. The van der Waals surface area contributed by atoms with Gasteiger partial charge in [-0.25, -0.2) is 0 Å². The number of nitrogens with one attached hydrogen (secondary N) is 1. The fourth-order valence-electron chi connectivity index (χ4n) is 1.45. The Morgan fingerprint density at radius 3 is 2.75 bits per heavy atom. The van der Waals surface area contributed by atoms with Gasteiger partial charge >= 0.3 is 6.18 Å². The average molecular weight is 287 g/mol. The summed E-state index contributed by atoms with van der Waals surface area (Å²) in [6.45, 7) is 1.91. The van der Waals surface area contributed by atoms with Crippen molar-refractivity contribution in [2.45, 2.75) is 25.6 Å². The first-order valence-electron chi connectivity index (χ1n) is 6.10. The van der Waals surface area contributed by atoms with Crippen LogP contribution in [0.3, 0.4) is 0 Å². The SMILES string of the molecule is CC(O)CCNC(=O)/C=C/c1cccc(C(F)(F)F)c1. The van der Waals surface area contributed by atoms with E-state index in [9.17, 15) is 18.0 Å². The van der Waals surface area contributed by atoms with E-state index in [-0.39, 0.29) is 0 Å². The van der Waals surface area contributed by atoms with Crippen molar-refractivity contribution in [3.63, 3.8) is 0 Å². The number of aliphatic hydroxyl groups is 1. The lowest BCUT2D eigenvalue weighted by molar-refractivity contribution is -0.137. The van der Waals surface area contributed by atoms with Crippen LogP contribution in [0.4, 0.5) is 13.2 Å². The Morgan fingerprint density at radius 2 is 2.15 bits per heavy atom. The summed E-state index contributed by atoms with van der Waals surface area (Å²) in [6.07, 6.45) is -2.01. The summed E-state index contributed by atoms with van der Waals surface area (Å²) in [5.74, 6) is -0.414. The smallest absolute Gasteiger partial charge is 0.393 e. The highest BCUT2D eigenvalue weighted by molar-refractivity contribution is 5.91. The van der Waals surface area contributed by atoms with Gasteiger partial charge in [-0.1, -0.05) is 12.1 Å². The van der Waals surface area contributed by atoms with Crippen molar-refractivity contribution >= 4 is 12.0 Å². The molecule has 1 aromatic rings. The third-order valence-electron chi connectivity index (χ3n) is 2.50. The second-order valence-corrected chi connectivity index (χ2v) is 4.39. The molecule has 0 aliphatic carbocycles. The maximum absolute atomic E-state index is 12.5. The lowest BCUT2D eigenvalue weighted by Crippen LogP contribution is -2.24. The average Bonchev–Trinajstić information content (AvgIpc) is 2.35. The molecule has 0 heterocycles. The van der Waals surface area contributed by atoms with Crippen LogP contribution in [0.2, 0.25) is 0 Å². The van der Waals surface area contributed by atoms with Crippen molar-refractivity contribution in [2.24, 2.45) is 0 Å². The van der Waals surface area contributed by atoms with Crippen LogP contribution in [0.25, 0.3) is 6.08 Å². The largest absolute Gasteiger partial charge is 0.416 e. The van der Waals surface area contributed by atoms with Crippen molar-refractivity contribution in [1.29, 1.82) is 0 Å². The van der Waals surface area contributed by atoms with Crippen LogP contribution in [0.1, 0.15) is 24.5 Å². The van der Waals surface area contributed by atoms with Crippen LogP contribution in [0.15, 0.2) is 30.3 Å². The quantitative estimate of drug-likeness (QED) is 0.818. The highest BCUT2D eigenvalue weighted by Crippen LogP contribution is 2.29. The zero-order valence-electron chi connectivity index (χ0n) is 10.9. The maximum Gasteiger partial charge on any atom is 0.416 e. The number of carbonyl (C=O) groups excluding carboxylic acids is 1. The van der Waals surface area contributed by atoms with E-state index in [1.807, 2.05) is 0 Å². The third-order valence-corrected chi connectivity index (χ3v) is 2.50. The Morgan fingerprint density at radius 1 is 1.45 bits per heavy atom. The van der Waals surface area contributed by atoms with Gasteiger partial charge in [0.05, 0.1) is 11.7 Å². The fourth-order valence-corrected chi connectivity index (χ4v) is 1.45.